The van der Waals surface area contributed by atoms with E-state index >= 15 is 0 Å². The SMILES string of the molecule is O=C(Nc1ccc(Cl)cc1)[C@H]1[C@@H]2C=CCCCC[C@@H]21. The highest BCUT2D eigenvalue weighted by Crippen LogP contribution is 2.51. The normalized spacial score (nSPS) is 29.0. The predicted octanol–water partition coefficient (Wildman–Crippen LogP) is 4.27. The second-order valence-corrected chi connectivity index (χ2v) is 5.91. The van der Waals surface area contributed by atoms with Gasteiger partial charge in [0.1, 0.15) is 0 Å². The molecule has 2 aliphatic carbocycles. The van der Waals surface area contributed by atoms with Crippen LogP contribution in [0.1, 0.15) is 25.7 Å². The van der Waals surface area contributed by atoms with Crippen LogP contribution >= 0.6 is 11.6 Å². The van der Waals surface area contributed by atoms with Crippen molar-refractivity contribution in [3.8, 4) is 0 Å². The van der Waals surface area contributed by atoms with Crippen LogP contribution < -0.4 is 5.32 Å². The fourth-order valence-corrected chi connectivity index (χ4v) is 3.18. The Labute approximate surface area is 118 Å². The maximum atomic E-state index is 12.3. The lowest BCUT2D eigenvalue weighted by molar-refractivity contribution is -0.117. The van der Waals surface area contributed by atoms with E-state index in [2.05, 4.69) is 17.5 Å². The zero-order valence-corrected chi connectivity index (χ0v) is 11.6. The van der Waals surface area contributed by atoms with Crippen LogP contribution in [0.2, 0.25) is 5.02 Å². The Morgan fingerprint density at radius 1 is 1.21 bits per heavy atom. The Hall–Kier alpha value is -1.28. The zero-order chi connectivity index (χ0) is 13.2. The molecule has 1 aromatic carbocycles. The van der Waals surface area contributed by atoms with E-state index in [1.807, 2.05) is 12.1 Å². The van der Waals surface area contributed by atoms with Crippen LogP contribution in [0.5, 0.6) is 0 Å². The Bertz CT molecular complexity index is 494. The lowest BCUT2D eigenvalue weighted by atomic mass is 10.1. The second kappa shape index (κ2) is 5.38. The number of carbonyl (C=O) groups excluding carboxylic acids is 1. The number of carbonyl (C=O) groups is 1. The fourth-order valence-electron chi connectivity index (χ4n) is 3.06. The third kappa shape index (κ3) is 2.84. The van der Waals surface area contributed by atoms with Gasteiger partial charge in [-0.2, -0.15) is 0 Å². The summed E-state index contributed by atoms with van der Waals surface area (Å²) in [6.07, 6.45) is 9.34. The molecule has 0 heterocycles. The molecule has 1 amide bonds. The molecule has 2 nitrogen and oxygen atoms in total. The molecule has 0 spiro atoms. The average Bonchev–Trinajstić information content (AvgIpc) is 3.03. The largest absolute Gasteiger partial charge is 0.326 e. The van der Waals surface area contributed by atoms with Gasteiger partial charge in [0.25, 0.3) is 0 Å². The number of nitrogens with one attached hydrogen (secondary N) is 1. The van der Waals surface area contributed by atoms with Crippen molar-refractivity contribution in [2.75, 3.05) is 5.32 Å². The molecule has 0 radical (unpaired) electrons. The lowest BCUT2D eigenvalue weighted by Crippen LogP contribution is -2.15. The molecule has 0 bridgehead atoms. The van der Waals surface area contributed by atoms with Gasteiger partial charge in [-0.15, -0.1) is 0 Å². The van der Waals surface area contributed by atoms with Gasteiger partial charge in [0.15, 0.2) is 0 Å². The molecule has 1 N–H and O–H groups in total. The van der Waals surface area contributed by atoms with Gasteiger partial charge in [0, 0.05) is 16.6 Å². The average molecular weight is 276 g/mol. The summed E-state index contributed by atoms with van der Waals surface area (Å²) in [5.41, 5.74) is 0.831. The van der Waals surface area contributed by atoms with Crippen molar-refractivity contribution in [2.45, 2.75) is 25.7 Å². The Kier molecular flexibility index (Phi) is 3.61. The second-order valence-electron chi connectivity index (χ2n) is 5.48. The summed E-state index contributed by atoms with van der Waals surface area (Å²) >= 11 is 5.84. The van der Waals surface area contributed by atoms with Crippen LogP contribution in [0.25, 0.3) is 0 Å². The predicted molar refractivity (Wildman–Crippen MR) is 78.2 cm³/mol. The first-order valence-electron chi connectivity index (χ1n) is 6.99. The van der Waals surface area contributed by atoms with E-state index in [0.29, 0.717) is 16.9 Å². The molecule has 100 valence electrons. The number of anilines is 1. The smallest absolute Gasteiger partial charge is 0.228 e. The molecule has 1 aromatic rings. The molecule has 0 aliphatic heterocycles. The molecule has 19 heavy (non-hydrogen) atoms. The van der Waals surface area contributed by atoms with E-state index in [-0.39, 0.29) is 11.8 Å². The highest BCUT2D eigenvalue weighted by Gasteiger charge is 2.52. The van der Waals surface area contributed by atoms with Gasteiger partial charge < -0.3 is 5.32 Å². The van der Waals surface area contributed by atoms with Gasteiger partial charge in [-0.3, -0.25) is 4.79 Å². The van der Waals surface area contributed by atoms with Gasteiger partial charge in [-0.25, -0.2) is 0 Å². The Morgan fingerprint density at radius 3 is 2.79 bits per heavy atom. The summed E-state index contributed by atoms with van der Waals surface area (Å²) < 4.78 is 0. The van der Waals surface area contributed by atoms with E-state index in [9.17, 15) is 4.79 Å². The summed E-state index contributed by atoms with van der Waals surface area (Å²) in [4.78, 5) is 12.3. The molecule has 1 saturated carbocycles. The first-order chi connectivity index (χ1) is 9.25. The van der Waals surface area contributed by atoms with E-state index < -0.39 is 0 Å². The minimum Gasteiger partial charge on any atom is -0.326 e. The Balaban J connectivity index is 1.64. The number of hydrogen-bond donors (Lipinski definition) is 1. The van der Waals surface area contributed by atoms with Gasteiger partial charge in [0.2, 0.25) is 5.91 Å². The van der Waals surface area contributed by atoms with E-state index in [1.165, 1.54) is 19.3 Å². The van der Waals surface area contributed by atoms with Crippen molar-refractivity contribution in [2.24, 2.45) is 17.8 Å². The summed E-state index contributed by atoms with van der Waals surface area (Å²) in [6, 6.07) is 7.29. The maximum absolute atomic E-state index is 12.3. The van der Waals surface area contributed by atoms with E-state index in [0.717, 1.165) is 12.1 Å². The van der Waals surface area contributed by atoms with Crippen LogP contribution in [0.4, 0.5) is 5.69 Å². The monoisotopic (exact) mass is 275 g/mol. The zero-order valence-electron chi connectivity index (χ0n) is 10.8. The molecule has 0 aromatic heterocycles. The topological polar surface area (TPSA) is 29.1 Å². The van der Waals surface area contributed by atoms with E-state index in [1.54, 1.807) is 12.1 Å². The molecule has 3 atom stereocenters. The number of hydrogen-bond acceptors (Lipinski definition) is 1. The van der Waals surface area contributed by atoms with E-state index in [4.69, 9.17) is 11.6 Å². The molecule has 3 rings (SSSR count). The van der Waals surface area contributed by atoms with Crippen LogP contribution in [-0.2, 0) is 4.79 Å². The number of allylic oxidation sites excluding steroid dienone is 2. The number of benzene rings is 1. The first kappa shape index (κ1) is 12.7. The van der Waals surface area contributed by atoms with Crippen molar-refractivity contribution >= 4 is 23.2 Å². The first-order valence-corrected chi connectivity index (χ1v) is 7.36. The van der Waals surface area contributed by atoms with Crippen LogP contribution in [0, 0.1) is 17.8 Å². The van der Waals surface area contributed by atoms with Crippen LogP contribution in [0.3, 0.4) is 0 Å². The fraction of sp³-hybridized carbons (Fsp3) is 0.438. The molecular formula is C16H18ClNO. The van der Waals surface area contributed by atoms with Gasteiger partial charge in [-0.05, 0) is 55.4 Å². The minimum absolute atomic E-state index is 0.156. The molecule has 2 aliphatic rings. The summed E-state index contributed by atoms with van der Waals surface area (Å²) in [5, 5.41) is 3.69. The van der Waals surface area contributed by atoms with Crippen LogP contribution in [-0.4, -0.2) is 5.91 Å². The number of fused-ring (bicyclic) bond motifs is 1. The minimum atomic E-state index is 0.156. The maximum Gasteiger partial charge on any atom is 0.228 e. The Morgan fingerprint density at radius 2 is 2.00 bits per heavy atom. The molecule has 3 heteroatoms. The summed E-state index contributed by atoms with van der Waals surface area (Å²) in [5.74, 6) is 1.35. The third-order valence-electron chi connectivity index (χ3n) is 4.16. The van der Waals surface area contributed by atoms with Crippen LogP contribution in [0.15, 0.2) is 36.4 Å². The van der Waals surface area contributed by atoms with Crippen molar-refractivity contribution < 1.29 is 4.79 Å². The van der Waals surface area contributed by atoms with Gasteiger partial charge in [-0.1, -0.05) is 30.2 Å². The summed E-state index contributed by atoms with van der Waals surface area (Å²) in [6.45, 7) is 0. The third-order valence-corrected chi connectivity index (χ3v) is 4.41. The van der Waals surface area contributed by atoms with Gasteiger partial charge >= 0.3 is 0 Å². The van der Waals surface area contributed by atoms with Crippen molar-refractivity contribution in [3.05, 3.63) is 41.4 Å². The number of halogens is 1. The van der Waals surface area contributed by atoms with Gasteiger partial charge in [0.05, 0.1) is 0 Å². The molecule has 0 unspecified atom stereocenters. The van der Waals surface area contributed by atoms with Crippen molar-refractivity contribution in [1.29, 1.82) is 0 Å². The highest BCUT2D eigenvalue weighted by molar-refractivity contribution is 6.30. The number of rotatable bonds is 2. The quantitative estimate of drug-likeness (QED) is 0.803. The highest BCUT2D eigenvalue weighted by atomic mass is 35.5. The molecule has 1 fully saturated rings. The number of amides is 1. The summed E-state index contributed by atoms with van der Waals surface area (Å²) in [7, 11) is 0. The van der Waals surface area contributed by atoms with Crippen molar-refractivity contribution in [1.82, 2.24) is 0 Å². The molecular weight excluding hydrogens is 258 g/mol. The molecule has 0 saturated heterocycles. The lowest BCUT2D eigenvalue weighted by Gasteiger charge is -2.04. The standard InChI is InChI=1S/C16H18ClNO/c17-11-7-9-12(10-8-11)18-16(19)15-13-5-3-1-2-4-6-14(13)15/h3,5,7-10,13-15H,1-2,4,6H2,(H,18,19)/t13-,14+,15+/m1/s1. The van der Waals surface area contributed by atoms with Crippen molar-refractivity contribution in [3.63, 3.8) is 0 Å².